The Balaban J connectivity index is 1.95. The van der Waals surface area contributed by atoms with E-state index in [1.807, 2.05) is 24.3 Å². The Bertz CT molecular complexity index is 999. The van der Waals surface area contributed by atoms with Gasteiger partial charge >= 0.3 is 0 Å². The van der Waals surface area contributed by atoms with Crippen molar-refractivity contribution < 1.29 is 13.9 Å². The lowest BCUT2D eigenvalue weighted by Gasteiger charge is -2.10. The number of carbonyl (C=O) groups excluding carboxylic acids is 1. The second-order valence-electron chi connectivity index (χ2n) is 5.97. The van der Waals surface area contributed by atoms with Crippen molar-refractivity contribution in [3.05, 3.63) is 105 Å². The minimum atomic E-state index is -0.286. The number of hydrogen-bond donors (Lipinski definition) is 0. The van der Waals surface area contributed by atoms with Gasteiger partial charge in [-0.1, -0.05) is 48.0 Å². The summed E-state index contributed by atoms with van der Waals surface area (Å²) in [5.41, 5.74) is 1.84. The molecule has 0 aliphatic rings. The number of ether oxygens (including phenoxy) is 1. The first-order valence-corrected chi connectivity index (χ1v) is 9.96. The lowest BCUT2D eigenvalue weighted by Crippen LogP contribution is -2.02. The van der Waals surface area contributed by atoms with Crippen LogP contribution >= 0.6 is 23.4 Å². The van der Waals surface area contributed by atoms with Crippen molar-refractivity contribution in [1.29, 1.82) is 0 Å². The van der Waals surface area contributed by atoms with Crippen LogP contribution in [0.3, 0.4) is 0 Å². The minimum absolute atomic E-state index is 0.149. The molecule has 0 unspecified atom stereocenters. The second kappa shape index (κ2) is 9.58. The molecule has 0 amide bonds. The van der Waals surface area contributed by atoms with Gasteiger partial charge in [-0.15, -0.1) is 11.8 Å². The first-order valence-electron chi connectivity index (χ1n) is 8.59. The highest BCUT2D eigenvalue weighted by Crippen LogP contribution is 2.30. The summed E-state index contributed by atoms with van der Waals surface area (Å²) in [6, 6.07) is 20.7. The van der Waals surface area contributed by atoms with E-state index in [1.54, 1.807) is 55.7 Å². The van der Waals surface area contributed by atoms with Crippen LogP contribution in [0.5, 0.6) is 5.75 Å². The SMILES string of the molecule is COc1ccccc1/C=C(/SCc1ccccc1F)C(=O)c1ccc(Cl)cc1. The number of allylic oxidation sites excluding steroid dienone is 1. The summed E-state index contributed by atoms with van der Waals surface area (Å²) in [7, 11) is 1.58. The highest BCUT2D eigenvalue weighted by molar-refractivity contribution is 8.03. The number of halogens is 2. The number of thioether (sulfide) groups is 1. The first-order chi connectivity index (χ1) is 13.6. The van der Waals surface area contributed by atoms with Gasteiger partial charge in [0.25, 0.3) is 0 Å². The molecule has 5 heteroatoms. The number of Topliss-reactive ketones (excluding diaryl/α,β-unsaturated/α-hetero) is 1. The van der Waals surface area contributed by atoms with E-state index in [-0.39, 0.29) is 11.6 Å². The van der Waals surface area contributed by atoms with Crippen molar-refractivity contribution in [2.45, 2.75) is 5.75 Å². The summed E-state index contributed by atoms with van der Waals surface area (Å²) in [6.07, 6.45) is 1.78. The molecule has 0 aromatic heterocycles. The molecule has 3 rings (SSSR count). The molecule has 3 aromatic carbocycles. The van der Waals surface area contributed by atoms with Crippen molar-refractivity contribution in [3.8, 4) is 5.75 Å². The maximum absolute atomic E-state index is 14.0. The van der Waals surface area contributed by atoms with E-state index in [0.29, 0.717) is 32.6 Å². The summed E-state index contributed by atoms with van der Waals surface area (Å²) in [5, 5.41) is 0.561. The zero-order valence-electron chi connectivity index (χ0n) is 15.2. The lowest BCUT2D eigenvalue weighted by molar-refractivity contribution is 0.104. The smallest absolute Gasteiger partial charge is 0.199 e. The van der Waals surface area contributed by atoms with E-state index in [9.17, 15) is 9.18 Å². The molecule has 0 bridgehead atoms. The fourth-order valence-electron chi connectivity index (χ4n) is 2.61. The average molecular weight is 413 g/mol. The normalized spacial score (nSPS) is 11.3. The molecule has 0 fully saturated rings. The first kappa shape index (κ1) is 20.2. The molecule has 0 aliphatic carbocycles. The van der Waals surface area contributed by atoms with E-state index in [4.69, 9.17) is 16.3 Å². The molecule has 0 radical (unpaired) electrons. The maximum Gasteiger partial charge on any atom is 0.199 e. The largest absolute Gasteiger partial charge is 0.496 e. The van der Waals surface area contributed by atoms with Crippen molar-refractivity contribution in [1.82, 2.24) is 0 Å². The number of methoxy groups -OCH3 is 1. The van der Waals surface area contributed by atoms with E-state index < -0.39 is 0 Å². The van der Waals surface area contributed by atoms with Crippen LogP contribution in [0.25, 0.3) is 6.08 Å². The van der Waals surface area contributed by atoms with Crippen LogP contribution in [0.4, 0.5) is 4.39 Å². The van der Waals surface area contributed by atoms with Crippen LogP contribution in [0.15, 0.2) is 77.7 Å². The molecule has 0 atom stereocenters. The Morgan fingerprint density at radius 1 is 1.04 bits per heavy atom. The highest BCUT2D eigenvalue weighted by atomic mass is 35.5. The van der Waals surface area contributed by atoms with Crippen LogP contribution in [-0.4, -0.2) is 12.9 Å². The van der Waals surface area contributed by atoms with Gasteiger partial charge in [0.15, 0.2) is 5.78 Å². The van der Waals surface area contributed by atoms with Gasteiger partial charge in [0.1, 0.15) is 11.6 Å². The Morgan fingerprint density at radius 2 is 1.71 bits per heavy atom. The van der Waals surface area contributed by atoms with E-state index in [2.05, 4.69) is 0 Å². The number of hydrogen-bond acceptors (Lipinski definition) is 3. The third kappa shape index (κ3) is 5.03. The molecule has 3 aromatic rings. The van der Waals surface area contributed by atoms with Crippen LogP contribution < -0.4 is 4.74 Å². The van der Waals surface area contributed by atoms with Crippen molar-refractivity contribution in [2.24, 2.45) is 0 Å². The number of carbonyl (C=O) groups is 1. The monoisotopic (exact) mass is 412 g/mol. The predicted molar refractivity (Wildman–Crippen MR) is 114 cm³/mol. The second-order valence-corrected chi connectivity index (χ2v) is 7.42. The van der Waals surface area contributed by atoms with Gasteiger partial charge in [-0.3, -0.25) is 4.79 Å². The molecule has 28 heavy (non-hydrogen) atoms. The minimum Gasteiger partial charge on any atom is -0.496 e. The highest BCUT2D eigenvalue weighted by Gasteiger charge is 2.15. The molecular weight excluding hydrogens is 395 g/mol. The quantitative estimate of drug-likeness (QED) is 0.321. The Labute approximate surface area is 173 Å². The molecular formula is C23H18ClFO2S. The maximum atomic E-state index is 14.0. The van der Waals surface area contributed by atoms with Gasteiger partial charge in [0.05, 0.1) is 12.0 Å². The molecule has 0 spiro atoms. The van der Waals surface area contributed by atoms with Crippen molar-refractivity contribution in [2.75, 3.05) is 7.11 Å². The van der Waals surface area contributed by atoms with Gasteiger partial charge in [0, 0.05) is 21.9 Å². The summed E-state index contributed by atoms with van der Waals surface area (Å²) < 4.78 is 19.4. The summed E-state index contributed by atoms with van der Waals surface area (Å²) in [5.74, 6) is 0.567. The van der Waals surface area contributed by atoms with E-state index in [0.717, 1.165) is 5.56 Å². The topological polar surface area (TPSA) is 26.3 Å². The average Bonchev–Trinajstić information content (AvgIpc) is 2.72. The number of ketones is 1. The van der Waals surface area contributed by atoms with Crippen LogP contribution in [0.1, 0.15) is 21.5 Å². The predicted octanol–water partition coefficient (Wildman–Crippen LogP) is 6.64. The zero-order chi connectivity index (χ0) is 19.9. The summed E-state index contributed by atoms with van der Waals surface area (Å²) in [6.45, 7) is 0. The summed E-state index contributed by atoms with van der Waals surface area (Å²) in [4.78, 5) is 13.6. The molecule has 0 saturated carbocycles. The molecule has 2 nitrogen and oxygen atoms in total. The molecule has 0 heterocycles. The number of para-hydroxylation sites is 1. The Hall–Kier alpha value is -2.56. The lowest BCUT2D eigenvalue weighted by atomic mass is 10.1. The zero-order valence-corrected chi connectivity index (χ0v) is 16.8. The fourth-order valence-corrected chi connectivity index (χ4v) is 3.74. The van der Waals surface area contributed by atoms with E-state index >= 15 is 0 Å². The van der Waals surface area contributed by atoms with Crippen LogP contribution in [-0.2, 0) is 5.75 Å². The Kier molecular flexibility index (Phi) is 6.90. The van der Waals surface area contributed by atoms with Crippen molar-refractivity contribution >= 4 is 35.2 Å². The van der Waals surface area contributed by atoms with Crippen LogP contribution in [0.2, 0.25) is 5.02 Å². The van der Waals surface area contributed by atoms with Crippen LogP contribution in [0, 0.1) is 5.82 Å². The van der Waals surface area contributed by atoms with Gasteiger partial charge in [0.2, 0.25) is 0 Å². The molecule has 142 valence electrons. The number of rotatable bonds is 7. The van der Waals surface area contributed by atoms with E-state index in [1.165, 1.54) is 17.8 Å². The third-order valence-corrected chi connectivity index (χ3v) is 5.42. The molecule has 0 saturated heterocycles. The van der Waals surface area contributed by atoms with Gasteiger partial charge in [-0.05, 0) is 48.0 Å². The van der Waals surface area contributed by atoms with Gasteiger partial charge < -0.3 is 4.74 Å². The van der Waals surface area contributed by atoms with Crippen molar-refractivity contribution in [3.63, 3.8) is 0 Å². The van der Waals surface area contributed by atoms with Gasteiger partial charge in [-0.2, -0.15) is 0 Å². The summed E-state index contributed by atoms with van der Waals surface area (Å²) >= 11 is 7.23. The molecule has 0 N–H and O–H groups in total. The number of benzene rings is 3. The van der Waals surface area contributed by atoms with Gasteiger partial charge in [-0.25, -0.2) is 4.39 Å². The molecule has 0 aliphatic heterocycles. The third-order valence-electron chi connectivity index (χ3n) is 4.10. The standard InChI is InChI=1S/C23H18ClFO2S/c1-27-21-9-5-3-6-17(21)14-22(23(26)16-10-12-19(24)13-11-16)28-15-18-7-2-4-8-20(18)25/h2-14H,15H2,1H3/b22-14+. The fraction of sp³-hybridized carbons (Fsp3) is 0.0870. The Morgan fingerprint density at radius 3 is 2.43 bits per heavy atom.